The van der Waals surface area contributed by atoms with E-state index in [4.69, 9.17) is 5.73 Å². The molecule has 0 amide bonds. The molecular formula is C13H26N2. The van der Waals surface area contributed by atoms with Gasteiger partial charge in [0.2, 0.25) is 0 Å². The molecule has 2 rings (SSSR count). The summed E-state index contributed by atoms with van der Waals surface area (Å²) in [6.45, 7) is 5.73. The molecule has 2 nitrogen and oxygen atoms in total. The zero-order valence-corrected chi connectivity index (χ0v) is 10.1. The molecule has 1 aliphatic heterocycles. The molecule has 1 aliphatic carbocycles. The van der Waals surface area contributed by atoms with E-state index in [0.29, 0.717) is 0 Å². The summed E-state index contributed by atoms with van der Waals surface area (Å²) in [7, 11) is 0. The van der Waals surface area contributed by atoms with Gasteiger partial charge < -0.3 is 5.73 Å². The van der Waals surface area contributed by atoms with Crippen molar-refractivity contribution in [3.05, 3.63) is 0 Å². The standard InChI is InChI=1S/C13H26N2/c1-2-11(9-14)10-15-8-4-6-12-5-3-7-13(12)15/h11-13H,2-10,14H2,1H3. The van der Waals surface area contributed by atoms with Gasteiger partial charge in [-0.3, -0.25) is 4.90 Å². The Bertz CT molecular complexity index is 189. The van der Waals surface area contributed by atoms with Crippen molar-refractivity contribution in [3.63, 3.8) is 0 Å². The van der Waals surface area contributed by atoms with Crippen LogP contribution >= 0.6 is 0 Å². The van der Waals surface area contributed by atoms with Gasteiger partial charge in [-0.05, 0) is 50.6 Å². The van der Waals surface area contributed by atoms with Gasteiger partial charge in [0.05, 0.1) is 0 Å². The van der Waals surface area contributed by atoms with Crippen LogP contribution < -0.4 is 5.73 Å². The summed E-state index contributed by atoms with van der Waals surface area (Å²) in [5.41, 5.74) is 5.81. The van der Waals surface area contributed by atoms with E-state index in [9.17, 15) is 0 Å². The normalized spacial score (nSPS) is 34.0. The summed E-state index contributed by atoms with van der Waals surface area (Å²) >= 11 is 0. The molecule has 1 saturated heterocycles. The summed E-state index contributed by atoms with van der Waals surface area (Å²) in [6, 6.07) is 0.916. The first-order valence-corrected chi connectivity index (χ1v) is 6.79. The lowest BCUT2D eigenvalue weighted by molar-refractivity contribution is 0.0949. The van der Waals surface area contributed by atoms with E-state index in [-0.39, 0.29) is 0 Å². The van der Waals surface area contributed by atoms with Crippen molar-refractivity contribution in [2.45, 2.75) is 51.5 Å². The first-order valence-electron chi connectivity index (χ1n) is 6.79. The summed E-state index contributed by atoms with van der Waals surface area (Å²) in [6.07, 6.45) is 8.55. The second kappa shape index (κ2) is 5.31. The lowest BCUT2D eigenvalue weighted by Gasteiger charge is -2.39. The highest BCUT2D eigenvalue weighted by molar-refractivity contribution is 4.89. The quantitative estimate of drug-likeness (QED) is 0.771. The molecule has 0 aromatic heterocycles. The molecule has 2 fully saturated rings. The van der Waals surface area contributed by atoms with Gasteiger partial charge in [0.15, 0.2) is 0 Å². The van der Waals surface area contributed by atoms with Crippen molar-refractivity contribution in [3.8, 4) is 0 Å². The van der Waals surface area contributed by atoms with Crippen LogP contribution in [0, 0.1) is 11.8 Å². The smallest absolute Gasteiger partial charge is 0.0124 e. The number of piperidine rings is 1. The summed E-state index contributed by atoms with van der Waals surface area (Å²) in [5.74, 6) is 1.75. The van der Waals surface area contributed by atoms with E-state index in [1.807, 2.05) is 0 Å². The molecule has 88 valence electrons. The van der Waals surface area contributed by atoms with Crippen LogP contribution in [0.15, 0.2) is 0 Å². The predicted molar refractivity (Wildman–Crippen MR) is 64.8 cm³/mol. The molecule has 0 aromatic carbocycles. The molecule has 3 unspecified atom stereocenters. The molecule has 2 N–H and O–H groups in total. The fourth-order valence-electron chi connectivity index (χ4n) is 3.49. The average molecular weight is 210 g/mol. The Morgan fingerprint density at radius 1 is 1.27 bits per heavy atom. The monoisotopic (exact) mass is 210 g/mol. The van der Waals surface area contributed by atoms with Crippen LogP contribution in [0.5, 0.6) is 0 Å². The number of nitrogens with two attached hydrogens (primary N) is 1. The summed E-state index contributed by atoms with van der Waals surface area (Å²) < 4.78 is 0. The van der Waals surface area contributed by atoms with Crippen LogP contribution in [0.3, 0.4) is 0 Å². The molecule has 0 spiro atoms. The Morgan fingerprint density at radius 3 is 2.80 bits per heavy atom. The van der Waals surface area contributed by atoms with E-state index in [2.05, 4.69) is 11.8 Å². The molecular weight excluding hydrogens is 184 g/mol. The van der Waals surface area contributed by atoms with Crippen LogP contribution in [-0.2, 0) is 0 Å². The minimum atomic E-state index is 0.726. The van der Waals surface area contributed by atoms with Gasteiger partial charge >= 0.3 is 0 Å². The Kier molecular flexibility index (Phi) is 4.04. The summed E-state index contributed by atoms with van der Waals surface area (Å²) in [5, 5.41) is 0. The SMILES string of the molecule is CCC(CN)CN1CCCC2CCCC21. The van der Waals surface area contributed by atoms with E-state index >= 15 is 0 Å². The molecule has 2 heteroatoms. The van der Waals surface area contributed by atoms with E-state index in [1.165, 1.54) is 51.6 Å². The highest BCUT2D eigenvalue weighted by Crippen LogP contribution is 2.36. The fourth-order valence-corrected chi connectivity index (χ4v) is 3.49. The van der Waals surface area contributed by atoms with Crippen molar-refractivity contribution in [1.82, 2.24) is 4.90 Å². The maximum Gasteiger partial charge on any atom is 0.0124 e. The predicted octanol–water partition coefficient (Wildman–Crippen LogP) is 2.24. The number of fused-ring (bicyclic) bond motifs is 1. The van der Waals surface area contributed by atoms with E-state index < -0.39 is 0 Å². The average Bonchev–Trinajstić information content (AvgIpc) is 2.74. The zero-order chi connectivity index (χ0) is 10.7. The molecule has 0 radical (unpaired) electrons. The molecule has 15 heavy (non-hydrogen) atoms. The minimum Gasteiger partial charge on any atom is -0.330 e. The van der Waals surface area contributed by atoms with Crippen LogP contribution in [0.25, 0.3) is 0 Å². The summed E-state index contributed by atoms with van der Waals surface area (Å²) in [4.78, 5) is 2.75. The molecule has 1 heterocycles. The molecule has 3 atom stereocenters. The van der Waals surface area contributed by atoms with E-state index in [0.717, 1.165) is 24.4 Å². The zero-order valence-electron chi connectivity index (χ0n) is 10.1. The Hall–Kier alpha value is -0.0800. The third kappa shape index (κ3) is 2.54. The van der Waals surface area contributed by atoms with Crippen LogP contribution in [0.4, 0.5) is 0 Å². The maximum atomic E-state index is 5.81. The highest BCUT2D eigenvalue weighted by Gasteiger charge is 2.35. The third-order valence-corrected chi connectivity index (χ3v) is 4.51. The Morgan fingerprint density at radius 2 is 2.07 bits per heavy atom. The van der Waals surface area contributed by atoms with Crippen LogP contribution in [0.1, 0.15) is 45.4 Å². The fraction of sp³-hybridized carbons (Fsp3) is 1.00. The lowest BCUT2D eigenvalue weighted by Crippen LogP contribution is -2.45. The van der Waals surface area contributed by atoms with Crippen molar-refractivity contribution < 1.29 is 0 Å². The van der Waals surface area contributed by atoms with Crippen molar-refractivity contribution in [1.29, 1.82) is 0 Å². The van der Waals surface area contributed by atoms with Crippen molar-refractivity contribution in [2.75, 3.05) is 19.6 Å². The Labute approximate surface area is 94.2 Å². The topological polar surface area (TPSA) is 29.3 Å². The molecule has 1 saturated carbocycles. The first kappa shape index (κ1) is 11.4. The van der Waals surface area contributed by atoms with Crippen LogP contribution in [0.2, 0.25) is 0 Å². The van der Waals surface area contributed by atoms with Crippen molar-refractivity contribution >= 4 is 0 Å². The third-order valence-electron chi connectivity index (χ3n) is 4.51. The second-order valence-corrected chi connectivity index (χ2v) is 5.41. The van der Waals surface area contributed by atoms with Gasteiger partial charge in [0, 0.05) is 12.6 Å². The maximum absolute atomic E-state index is 5.81. The Balaban J connectivity index is 1.89. The number of rotatable bonds is 4. The largest absolute Gasteiger partial charge is 0.330 e. The highest BCUT2D eigenvalue weighted by atomic mass is 15.2. The van der Waals surface area contributed by atoms with Gasteiger partial charge in [0.25, 0.3) is 0 Å². The van der Waals surface area contributed by atoms with Crippen molar-refractivity contribution in [2.24, 2.45) is 17.6 Å². The first-order chi connectivity index (χ1) is 7.35. The van der Waals surface area contributed by atoms with E-state index in [1.54, 1.807) is 0 Å². The minimum absolute atomic E-state index is 0.726. The number of hydrogen-bond donors (Lipinski definition) is 1. The molecule has 0 bridgehead atoms. The van der Waals surface area contributed by atoms with Crippen LogP contribution in [-0.4, -0.2) is 30.6 Å². The van der Waals surface area contributed by atoms with Gasteiger partial charge in [0.1, 0.15) is 0 Å². The second-order valence-electron chi connectivity index (χ2n) is 5.41. The number of hydrogen-bond acceptors (Lipinski definition) is 2. The molecule has 0 aromatic rings. The number of likely N-dealkylation sites (tertiary alicyclic amines) is 1. The molecule has 2 aliphatic rings. The van der Waals surface area contributed by atoms with Gasteiger partial charge in [-0.15, -0.1) is 0 Å². The number of nitrogens with zero attached hydrogens (tertiary/aromatic N) is 1. The van der Waals surface area contributed by atoms with Gasteiger partial charge in [-0.1, -0.05) is 19.8 Å². The van der Waals surface area contributed by atoms with Gasteiger partial charge in [-0.25, -0.2) is 0 Å². The lowest BCUT2D eigenvalue weighted by atomic mass is 9.91. The van der Waals surface area contributed by atoms with Gasteiger partial charge in [-0.2, -0.15) is 0 Å².